The van der Waals surface area contributed by atoms with Crippen LogP contribution in [-0.4, -0.2) is 24.1 Å². The second kappa shape index (κ2) is 9.97. The zero-order valence-corrected chi connectivity index (χ0v) is 15.5. The molecule has 26 heavy (non-hydrogen) atoms. The molecule has 0 aliphatic heterocycles. The number of hydrogen-bond donors (Lipinski definition) is 2. The molecule has 0 bridgehead atoms. The van der Waals surface area contributed by atoms with E-state index in [2.05, 4.69) is 12.2 Å². The van der Waals surface area contributed by atoms with Crippen LogP contribution in [0.5, 0.6) is 0 Å². The van der Waals surface area contributed by atoms with Gasteiger partial charge in [0, 0.05) is 17.9 Å². The Morgan fingerprint density at radius 3 is 2.27 bits per heavy atom. The van der Waals surface area contributed by atoms with E-state index in [0.717, 1.165) is 17.1 Å². The molecule has 3 N–H and O–H groups in total. The van der Waals surface area contributed by atoms with Crippen LogP contribution >= 0.6 is 11.8 Å². The Morgan fingerprint density at radius 2 is 1.69 bits per heavy atom. The van der Waals surface area contributed by atoms with Gasteiger partial charge >= 0.3 is 0 Å². The Bertz CT molecular complexity index is 732. The number of carbonyl (C=O) groups is 2. The average molecular weight is 374 g/mol. The standard InChI is InChI=1S/C20H23FN2O2S/c1-2-26-13-15-3-7-16(8-4-15)20(25)23-12-17(19(22)24)11-14-5-9-18(21)10-6-14/h3-10,17H,2,11-13H2,1H3,(H2,22,24)(H,23,25). The van der Waals surface area contributed by atoms with E-state index in [1.54, 1.807) is 24.3 Å². The minimum Gasteiger partial charge on any atom is -0.369 e. The van der Waals surface area contributed by atoms with Crippen molar-refractivity contribution in [2.75, 3.05) is 12.3 Å². The van der Waals surface area contributed by atoms with Gasteiger partial charge in [0.15, 0.2) is 0 Å². The zero-order valence-electron chi connectivity index (χ0n) is 14.7. The lowest BCUT2D eigenvalue weighted by Gasteiger charge is -2.14. The Balaban J connectivity index is 1.92. The summed E-state index contributed by atoms with van der Waals surface area (Å²) >= 11 is 1.82. The third-order valence-electron chi connectivity index (χ3n) is 4.00. The molecule has 0 aromatic heterocycles. The van der Waals surface area contributed by atoms with E-state index in [4.69, 9.17) is 5.73 Å². The maximum Gasteiger partial charge on any atom is 0.251 e. The first-order chi connectivity index (χ1) is 12.5. The van der Waals surface area contributed by atoms with Crippen LogP contribution in [-0.2, 0) is 17.0 Å². The molecular weight excluding hydrogens is 351 g/mol. The van der Waals surface area contributed by atoms with E-state index in [0.29, 0.717) is 12.0 Å². The largest absolute Gasteiger partial charge is 0.369 e. The molecule has 0 spiro atoms. The van der Waals surface area contributed by atoms with Crippen molar-refractivity contribution in [3.63, 3.8) is 0 Å². The van der Waals surface area contributed by atoms with Crippen LogP contribution in [0.15, 0.2) is 48.5 Å². The molecule has 0 fully saturated rings. The number of hydrogen-bond acceptors (Lipinski definition) is 3. The van der Waals surface area contributed by atoms with Crippen molar-refractivity contribution in [2.24, 2.45) is 11.7 Å². The summed E-state index contributed by atoms with van der Waals surface area (Å²) < 4.78 is 13.0. The lowest BCUT2D eigenvalue weighted by atomic mass is 9.98. The van der Waals surface area contributed by atoms with Crippen molar-refractivity contribution in [1.29, 1.82) is 0 Å². The fraction of sp³-hybridized carbons (Fsp3) is 0.300. The number of rotatable bonds is 9. The molecule has 1 unspecified atom stereocenters. The topological polar surface area (TPSA) is 72.2 Å². The van der Waals surface area contributed by atoms with Gasteiger partial charge in [0.05, 0.1) is 5.92 Å². The summed E-state index contributed by atoms with van der Waals surface area (Å²) in [6, 6.07) is 13.3. The van der Waals surface area contributed by atoms with Crippen molar-refractivity contribution in [1.82, 2.24) is 5.32 Å². The number of thioether (sulfide) groups is 1. The number of benzene rings is 2. The molecule has 0 saturated carbocycles. The predicted octanol–water partition coefficient (Wildman–Crippen LogP) is 3.15. The number of primary amides is 1. The summed E-state index contributed by atoms with van der Waals surface area (Å²) in [5, 5.41) is 2.76. The predicted molar refractivity (Wildman–Crippen MR) is 103 cm³/mol. The van der Waals surface area contributed by atoms with E-state index in [9.17, 15) is 14.0 Å². The summed E-state index contributed by atoms with van der Waals surface area (Å²) in [5.41, 5.74) is 7.94. The summed E-state index contributed by atoms with van der Waals surface area (Å²) in [6.07, 6.45) is 0.350. The normalized spacial score (nSPS) is 11.8. The first-order valence-electron chi connectivity index (χ1n) is 8.48. The molecule has 138 valence electrons. The van der Waals surface area contributed by atoms with Crippen molar-refractivity contribution in [2.45, 2.75) is 19.1 Å². The van der Waals surface area contributed by atoms with Crippen LogP contribution in [0.3, 0.4) is 0 Å². The van der Waals surface area contributed by atoms with Gasteiger partial charge in [-0.2, -0.15) is 11.8 Å². The molecule has 6 heteroatoms. The third kappa shape index (κ3) is 6.19. The van der Waals surface area contributed by atoms with Gasteiger partial charge in [0.1, 0.15) is 5.82 Å². The second-order valence-electron chi connectivity index (χ2n) is 5.97. The Labute approximate surface area is 157 Å². The van der Waals surface area contributed by atoms with Crippen molar-refractivity contribution >= 4 is 23.6 Å². The highest BCUT2D eigenvalue weighted by Crippen LogP contribution is 2.13. The first-order valence-corrected chi connectivity index (χ1v) is 9.63. The maximum absolute atomic E-state index is 13.0. The summed E-state index contributed by atoms with van der Waals surface area (Å²) in [7, 11) is 0. The molecule has 1 atom stereocenters. The van der Waals surface area contributed by atoms with E-state index < -0.39 is 11.8 Å². The minimum absolute atomic E-state index is 0.138. The smallest absolute Gasteiger partial charge is 0.251 e. The molecule has 0 aliphatic carbocycles. The maximum atomic E-state index is 13.0. The van der Waals surface area contributed by atoms with Gasteiger partial charge in [-0.1, -0.05) is 31.2 Å². The Kier molecular flexibility index (Phi) is 7.66. The van der Waals surface area contributed by atoms with Crippen LogP contribution in [0, 0.1) is 11.7 Å². The molecule has 0 heterocycles. The SMILES string of the molecule is CCSCc1ccc(C(=O)NCC(Cc2ccc(F)cc2)C(N)=O)cc1. The lowest BCUT2D eigenvalue weighted by Crippen LogP contribution is -2.37. The molecule has 0 aliphatic rings. The molecule has 0 saturated heterocycles. The summed E-state index contributed by atoms with van der Waals surface area (Å²) in [6.45, 7) is 2.24. The van der Waals surface area contributed by atoms with Gasteiger partial charge in [-0.25, -0.2) is 4.39 Å². The Morgan fingerprint density at radius 1 is 1.08 bits per heavy atom. The van der Waals surface area contributed by atoms with E-state index in [1.807, 2.05) is 23.9 Å². The number of nitrogens with two attached hydrogens (primary N) is 1. The molecule has 2 aromatic rings. The molecule has 2 amide bonds. The second-order valence-corrected chi connectivity index (χ2v) is 7.25. The van der Waals surface area contributed by atoms with E-state index >= 15 is 0 Å². The fourth-order valence-electron chi connectivity index (χ4n) is 2.47. The van der Waals surface area contributed by atoms with Gasteiger partial charge in [-0.15, -0.1) is 0 Å². The van der Waals surface area contributed by atoms with E-state index in [1.165, 1.54) is 17.7 Å². The van der Waals surface area contributed by atoms with Crippen LogP contribution in [0.2, 0.25) is 0 Å². The van der Waals surface area contributed by atoms with Gasteiger partial charge in [-0.3, -0.25) is 9.59 Å². The van der Waals surface area contributed by atoms with E-state index in [-0.39, 0.29) is 18.3 Å². The zero-order chi connectivity index (χ0) is 18.9. The minimum atomic E-state index is -0.551. The number of amides is 2. The molecule has 2 aromatic carbocycles. The number of nitrogens with one attached hydrogen (secondary N) is 1. The van der Waals surface area contributed by atoms with Gasteiger partial charge in [-0.05, 0) is 47.6 Å². The van der Waals surface area contributed by atoms with Crippen LogP contribution in [0.4, 0.5) is 4.39 Å². The molecular formula is C20H23FN2O2S. The average Bonchev–Trinajstić information content (AvgIpc) is 2.65. The van der Waals surface area contributed by atoms with Crippen molar-refractivity contribution < 1.29 is 14.0 Å². The fourth-order valence-corrected chi connectivity index (χ4v) is 3.10. The van der Waals surface area contributed by atoms with Gasteiger partial charge in [0.2, 0.25) is 5.91 Å². The summed E-state index contributed by atoms with van der Waals surface area (Å²) in [4.78, 5) is 23.9. The lowest BCUT2D eigenvalue weighted by molar-refractivity contribution is -0.121. The molecule has 4 nitrogen and oxygen atoms in total. The number of halogens is 1. The van der Waals surface area contributed by atoms with Gasteiger partial charge < -0.3 is 11.1 Å². The van der Waals surface area contributed by atoms with Crippen LogP contribution in [0.25, 0.3) is 0 Å². The highest BCUT2D eigenvalue weighted by Gasteiger charge is 2.17. The van der Waals surface area contributed by atoms with Gasteiger partial charge in [0.25, 0.3) is 5.91 Å². The quantitative estimate of drug-likeness (QED) is 0.708. The highest BCUT2D eigenvalue weighted by molar-refractivity contribution is 7.98. The van der Waals surface area contributed by atoms with Crippen LogP contribution in [0.1, 0.15) is 28.4 Å². The number of carbonyl (C=O) groups excluding carboxylic acids is 2. The van der Waals surface area contributed by atoms with Crippen molar-refractivity contribution in [3.05, 3.63) is 71.0 Å². The molecule has 0 radical (unpaired) electrons. The molecule has 2 rings (SSSR count). The summed E-state index contributed by atoms with van der Waals surface area (Å²) in [5.74, 6) is 0.333. The highest BCUT2D eigenvalue weighted by atomic mass is 32.2. The monoisotopic (exact) mass is 374 g/mol. The van der Waals surface area contributed by atoms with Crippen molar-refractivity contribution in [3.8, 4) is 0 Å². The third-order valence-corrected chi connectivity index (χ3v) is 4.94. The first kappa shape index (κ1) is 20.0. The van der Waals surface area contributed by atoms with Crippen LogP contribution < -0.4 is 11.1 Å². The Hall–Kier alpha value is -2.34.